The summed E-state index contributed by atoms with van der Waals surface area (Å²) < 4.78 is 0. The van der Waals surface area contributed by atoms with Gasteiger partial charge in [0.1, 0.15) is 24.4 Å². The number of nitrogens with one attached hydrogen (secondary N) is 2. The summed E-state index contributed by atoms with van der Waals surface area (Å²) in [6.07, 6.45) is 4.24. The lowest BCUT2D eigenvalue weighted by molar-refractivity contribution is -0.138. The Morgan fingerprint density at radius 2 is 2.03 bits per heavy atom. The van der Waals surface area contributed by atoms with Crippen molar-refractivity contribution in [3.05, 3.63) is 23.9 Å². The van der Waals surface area contributed by atoms with Gasteiger partial charge in [0.2, 0.25) is 11.8 Å². The highest BCUT2D eigenvalue weighted by Gasteiger charge is 2.56. The summed E-state index contributed by atoms with van der Waals surface area (Å²) in [5.74, 6) is 0.829. The fourth-order valence-electron chi connectivity index (χ4n) is 4.52. The Balaban J connectivity index is 1.42. The van der Waals surface area contributed by atoms with Crippen LogP contribution in [0.5, 0.6) is 0 Å². The highest BCUT2D eigenvalue weighted by atomic mass is 16.2. The molecule has 2 amide bonds. The molecule has 4 rings (SSSR count). The number of ketones is 1. The van der Waals surface area contributed by atoms with Crippen molar-refractivity contribution in [1.82, 2.24) is 20.6 Å². The molecule has 3 aliphatic rings. The minimum Gasteiger partial charge on any atom is -0.354 e. The first-order chi connectivity index (χ1) is 14.2. The second kappa shape index (κ2) is 7.65. The molecular formula is C22H31N5O3. The molecule has 1 aromatic heterocycles. The van der Waals surface area contributed by atoms with E-state index in [2.05, 4.69) is 36.5 Å². The molecule has 162 valence electrons. The summed E-state index contributed by atoms with van der Waals surface area (Å²) in [6.45, 7) is 8.60. The number of carbonyl (C=O) groups excluding carboxylic acids is 3. The molecule has 0 radical (unpaired) electrons. The molecule has 1 aromatic rings. The number of anilines is 1. The number of pyridine rings is 1. The number of rotatable bonds is 6. The van der Waals surface area contributed by atoms with Crippen molar-refractivity contribution in [2.24, 2.45) is 11.3 Å². The van der Waals surface area contributed by atoms with Gasteiger partial charge in [-0.25, -0.2) is 10.4 Å². The van der Waals surface area contributed by atoms with Gasteiger partial charge in [0.05, 0.1) is 0 Å². The van der Waals surface area contributed by atoms with E-state index >= 15 is 0 Å². The van der Waals surface area contributed by atoms with Crippen molar-refractivity contribution in [3.63, 3.8) is 0 Å². The Morgan fingerprint density at radius 3 is 2.73 bits per heavy atom. The van der Waals surface area contributed by atoms with E-state index in [0.29, 0.717) is 18.3 Å². The standard InChI is InChI=1S/C22H31N5O3/c1-13(28)19-15-6-5-8-23-20(15)26(25-19)12-18(29)27-16-10-14(16)11-17(27)21(30)24-9-7-22(2,3)4/h5-6,8,14,16-17,19,25H,7,9-12H2,1-4H3,(H,24,30)/t14-,16-,17+,19?/m1/s1. The second-order valence-corrected chi connectivity index (χ2v) is 9.89. The lowest BCUT2D eigenvalue weighted by atomic mass is 9.92. The van der Waals surface area contributed by atoms with E-state index in [1.54, 1.807) is 22.2 Å². The summed E-state index contributed by atoms with van der Waals surface area (Å²) >= 11 is 0. The van der Waals surface area contributed by atoms with Crippen molar-refractivity contribution in [3.8, 4) is 0 Å². The Kier molecular flexibility index (Phi) is 5.30. The lowest BCUT2D eigenvalue weighted by Gasteiger charge is -2.29. The van der Waals surface area contributed by atoms with Crippen molar-refractivity contribution < 1.29 is 14.4 Å². The fourth-order valence-corrected chi connectivity index (χ4v) is 4.52. The molecule has 1 unspecified atom stereocenters. The van der Waals surface area contributed by atoms with Gasteiger partial charge in [0, 0.05) is 24.3 Å². The number of hydrogen-bond acceptors (Lipinski definition) is 6. The Morgan fingerprint density at radius 1 is 1.27 bits per heavy atom. The molecule has 3 heterocycles. The van der Waals surface area contributed by atoms with Gasteiger partial charge in [-0.2, -0.15) is 0 Å². The van der Waals surface area contributed by atoms with Crippen molar-refractivity contribution in [2.45, 2.75) is 65.1 Å². The first-order valence-corrected chi connectivity index (χ1v) is 10.7. The SMILES string of the molecule is CC(=O)C1NN(CC(=O)N2[C@@H]3C[C@@H]3C[C@H]2C(=O)NCCC(C)(C)C)c2ncccc21. The fraction of sp³-hybridized carbons (Fsp3) is 0.636. The Bertz CT molecular complexity index is 865. The van der Waals surface area contributed by atoms with Gasteiger partial charge in [0.15, 0.2) is 5.78 Å². The molecule has 1 saturated heterocycles. The molecule has 2 aliphatic heterocycles. The summed E-state index contributed by atoms with van der Waals surface area (Å²) in [5, 5.41) is 4.67. The van der Waals surface area contributed by atoms with Gasteiger partial charge in [-0.15, -0.1) is 0 Å². The Labute approximate surface area is 177 Å². The van der Waals surface area contributed by atoms with Gasteiger partial charge in [-0.1, -0.05) is 26.8 Å². The third kappa shape index (κ3) is 4.05. The van der Waals surface area contributed by atoms with Gasteiger partial charge in [-0.05, 0) is 43.6 Å². The number of nitrogens with zero attached hydrogens (tertiary/aromatic N) is 3. The Hall–Kier alpha value is -2.48. The maximum Gasteiger partial charge on any atom is 0.244 e. The van der Waals surface area contributed by atoms with Crippen LogP contribution in [0, 0.1) is 11.3 Å². The first kappa shape index (κ1) is 20.8. The smallest absolute Gasteiger partial charge is 0.244 e. The maximum atomic E-state index is 13.2. The molecule has 2 fully saturated rings. The van der Waals surface area contributed by atoms with E-state index in [0.717, 1.165) is 24.8 Å². The molecule has 8 nitrogen and oxygen atoms in total. The highest BCUT2D eigenvalue weighted by molar-refractivity contribution is 5.92. The molecule has 30 heavy (non-hydrogen) atoms. The van der Waals surface area contributed by atoms with Crippen molar-refractivity contribution in [2.75, 3.05) is 18.1 Å². The number of hydrogen-bond donors (Lipinski definition) is 2. The van der Waals surface area contributed by atoms with Crippen LogP contribution >= 0.6 is 0 Å². The second-order valence-electron chi connectivity index (χ2n) is 9.89. The zero-order valence-electron chi connectivity index (χ0n) is 18.1. The van der Waals surface area contributed by atoms with Gasteiger partial charge in [0.25, 0.3) is 0 Å². The third-order valence-electron chi connectivity index (χ3n) is 6.24. The van der Waals surface area contributed by atoms with Crippen molar-refractivity contribution >= 4 is 23.4 Å². The molecule has 0 bridgehead atoms. The molecular weight excluding hydrogens is 382 g/mol. The number of Topliss-reactive ketones (excluding diaryl/α,β-unsaturated/α-hetero) is 1. The minimum atomic E-state index is -0.495. The topological polar surface area (TPSA) is 94.6 Å². The number of piperidine rings is 1. The summed E-state index contributed by atoms with van der Waals surface area (Å²) in [5.41, 5.74) is 4.03. The average molecular weight is 414 g/mol. The molecule has 0 aromatic carbocycles. The average Bonchev–Trinajstić information content (AvgIpc) is 3.17. The molecule has 1 saturated carbocycles. The third-order valence-corrected chi connectivity index (χ3v) is 6.24. The normalized spacial score (nSPS) is 26.9. The number of amides is 2. The highest BCUT2D eigenvalue weighted by Crippen LogP contribution is 2.48. The molecule has 4 atom stereocenters. The van der Waals surface area contributed by atoms with E-state index in [9.17, 15) is 14.4 Å². The number of carbonyl (C=O) groups is 3. The quantitative estimate of drug-likeness (QED) is 0.735. The predicted molar refractivity (Wildman–Crippen MR) is 112 cm³/mol. The zero-order valence-corrected chi connectivity index (χ0v) is 18.1. The van der Waals surface area contributed by atoms with E-state index in [1.165, 1.54) is 6.92 Å². The monoisotopic (exact) mass is 413 g/mol. The number of hydrazine groups is 1. The van der Waals surface area contributed by atoms with Crippen LogP contribution < -0.4 is 15.8 Å². The number of aromatic nitrogens is 1. The van der Waals surface area contributed by atoms with Gasteiger partial charge < -0.3 is 10.2 Å². The van der Waals surface area contributed by atoms with Crippen LogP contribution in [-0.2, 0) is 14.4 Å². The summed E-state index contributed by atoms with van der Waals surface area (Å²) in [7, 11) is 0. The summed E-state index contributed by atoms with van der Waals surface area (Å²) in [6, 6.07) is 2.89. The summed E-state index contributed by atoms with van der Waals surface area (Å²) in [4.78, 5) is 44.2. The van der Waals surface area contributed by atoms with Crippen LogP contribution in [-0.4, -0.2) is 52.7 Å². The van der Waals surface area contributed by atoms with Gasteiger partial charge >= 0.3 is 0 Å². The van der Waals surface area contributed by atoms with Crippen LogP contribution in [0.2, 0.25) is 0 Å². The van der Waals surface area contributed by atoms with E-state index in [4.69, 9.17) is 0 Å². The molecule has 0 spiro atoms. The molecule has 8 heteroatoms. The molecule has 1 aliphatic carbocycles. The van der Waals surface area contributed by atoms with Crippen LogP contribution in [0.3, 0.4) is 0 Å². The van der Waals surface area contributed by atoms with Gasteiger partial charge in [-0.3, -0.25) is 19.4 Å². The van der Waals surface area contributed by atoms with E-state index in [1.807, 2.05) is 6.07 Å². The van der Waals surface area contributed by atoms with Crippen LogP contribution in [0.25, 0.3) is 0 Å². The van der Waals surface area contributed by atoms with Crippen LogP contribution in [0.4, 0.5) is 5.82 Å². The van der Waals surface area contributed by atoms with Crippen LogP contribution in [0.1, 0.15) is 58.6 Å². The number of likely N-dealkylation sites (tertiary alicyclic amines) is 1. The largest absolute Gasteiger partial charge is 0.354 e. The first-order valence-electron chi connectivity index (χ1n) is 10.7. The molecule has 2 N–H and O–H groups in total. The lowest BCUT2D eigenvalue weighted by Crippen LogP contribution is -2.52. The number of fused-ring (bicyclic) bond motifs is 2. The van der Waals surface area contributed by atoms with E-state index in [-0.39, 0.29) is 35.6 Å². The minimum absolute atomic E-state index is 0.0290. The van der Waals surface area contributed by atoms with E-state index < -0.39 is 12.1 Å². The predicted octanol–water partition coefficient (Wildman–Crippen LogP) is 1.58. The van der Waals surface area contributed by atoms with Crippen LogP contribution in [0.15, 0.2) is 18.3 Å². The zero-order chi connectivity index (χ0) is 21.6. The maximum absolute atomic E-state index is 13.2. The van der Waals surface area contributed by atoms with Crippen molar-refractivity contribution in [1.29, 1.82) is 0 Å².